The summed E-state index contributed by atoms with van der Waals surface area (Å²) in [6, 6.07) is 13.2. The third-order valence-electron chi connectivity index (χ3n) is 5.44. The fraction of sp³-hybridized carbons (Fsp3) is 0.120. The lowest BCUT2D eigenvalue weighted by atomic mass is 10.1. The molecular weight excluding hydrogens is 527 g/mol. The van der Waals surface area contributed by atoms with Gasteiger partial charge in [0.1, 0.15) is 5.82 Å². The number of aromatic nitrogens is 2. The maximum absolute atomic E-state index is 13.5. The van der Waals surface area contributed by atoms with Crippen LogP contribution in [0.2, 0.25) is 5.02 Å². The molecule has 0 saturated heterocycles. The molecule has 0 aliphatic heterocycles. The molecule has 3 amide bonds. The summed E-state index contributed by atoms with van der Waals surface area (Å²) in [5.41, 5.74) is -1.44. The van der Waals surface area contributed by atoms with E-state index in [1.807, 2.05) is 0 Å². The molecule has 0 radical (unpaired) electrons. The van der Waals surface area contributed by atoms with Crippen LogP contribution in [0, 0.1) is 0 Å². The zero-order chi connectivity index (χ0) is 27.6. The number of para-hydroxylation sites is 1. The van der Waals surface area contributed by atoms with E-state index in [9.17, 15) is 32.7 Å². The van der Waals surface area contributed by atoms with Crippen LogP contribution < -0.4 is 21.5 Å². The van der Waals surface area contributed by atoms with Crippen molar-refractivity contribution in [1.29, 1.82) is 0 Å². The first-order valence-corrected chi connectivity index (χ1v) is 11.4. The van der Waals surface area contributed by atoms with Crippen LogP contribution in [0.5, 0.6) is 0 Å². The number of anilines is 2. The van der Waals surface area contributed by atoms with Crippen molar-refractivity contribution in [3.05, 3.63) is 93.5 Å². The Bertz CT molecular complexity index is 1610. The minimum absolute atomic E-state index is 0.0490. The van der Waals surface area contributed by atoms with Crippen molar-refractivity contribution in [3.63, 3.8) is 0 Å². The molecule has 1 heterocycles. The van der Waals surface area contributed by atoms with E-state index in [4.69, 9.17) is 11.6 Å². The average molecular weight is 546 g/mol. The monoisotopic (exact) mass is 545 g/mol. The van der Waals surface area contributed by atoms with Gasteiger partial charge in [0, 0.05) is 5.69 Å². The normalized spacial score (nSPS) is 12.1. The summed E-state index contributed by atoms with van der Waals surface area (Å²) >= 11 is 6.25. The largest absolute Gasteiger partial charge is 0.465 e. The van der Waals surface area contributed by atoms with Crippen LogP contribution >= 0.6 is 11.6 Å². The van der Waals surface area contributed by atoms with Crippen molar-refractivity contribution in [2.45, 2.75) is 19.1 Å². The number of urea groups is 1. The molecule has 0 saturated carbocycles. The van der Waals surface area contributed by atoms with Gasteiger partial charge in [-0.25, -0.2) is 14.6 Å². The summed E-state index contributed by atoms with van der Waals surface area (Å²) in [4.78, 5) is 41.8. The summed E-state index contributed by atoms with van der Waals surface area (Å²) in [5, 5.41) is 16.3. The Morgan fingerprint density at radius 3 is 2.45 bits per heavy atom. The summed E-state index contributed by atoms with van der Waals surface area (Å²) in [5.74, 6) is 0.0490. The summed E-state index contributed by atoms with van der Waals surface area (Å²) in [6.45, 7) is 1.50. The molecule has 13 heteroatoms. The van der Waals surface area contributed by atoms with Crippen molar-refractivity contribution >= 4 is 46.0 Å². The Hall–Kier alpha value is -4.58. The number of hydrogen-bond donors (Lipinski definition) is 4. The van der Waals surface area contributed by atoms with Gasteiger partial charge in [-0.2, -0.15) is 13.2 Å². The SMILES string of the molecule is CC(NC(=O)O)c1nc2cccc(Cl)c2c(=O)n1-c1cccc(NC(=O)Nc2ccccc2C(F)(F)F)c1. The highest BCUT2D eigenvalue weighted by Crippen LogP contribution is 2.34. The maximum Gasteiger partial charge on any atom is 0.418 e. The average Bonchev–Trinajstić information content (AvgIpc) is 2.83. The molecule has 0 aliphatic rings. The lowest BCUT2D eigenvalue weighted by Gasteiger charge is -2.19. The number of alkyl halides is 3. The van der Waals surface area contributed by atoms with E-state index in [0.717, 1.165) is 16.7 Å². The molecule has 4 rings (SSSR count). The van der Waals surface area contributed by atoms with Gasteiger partial charge in [-0.3, -0.25) is 9.36 Å². The number of nitrogens with one attached hydrogen (secondary N) is 3. The third-order valence-corrected chi connectivity index (χ3v) is 5.76. The van der Waals surface area contributed by atoms with Crippen LogP contribution in [0.4, 0.5) is 34.1 Å². The highest BCUT2D eigenvalue weighted by molar-refractivity contribution is 6.35. The molecule has 0 fully saturated rings. The van der Waals surface area contributed by atoms with Gasteiger partial charge in [-0.1, -0.05) is 35.9 Å². The highest BCUT2D eigenvalue weighted by Gasteiger charge is 2.33. The van der Waals surface area contributed by atoms with E-state index >= 15 is 0 Å². The first-order chi connectivity index (χ1) is 18.0. The number of amides is 3. The molecule has 4 N–H and O–H groups in total. The molecule has 4 aromatic rings. The molecule has 1 atom stereocenters. The van der Waals surface area contributed by atoms with Gasteiger partial charge >= 0.3 is 18.3 Å². The lowest BCUT2D eigenvalue weighted by Crippen LogP contribution is -2.32. The topological polar surface area (TPSA) is 125 Å². The first-order valence-electron chi connectivity index (χ1n) is 11.0. The predicted octanol–water partition coefficient (Wildman–Crippen LogP) is 6.03. The van der Waals surface area contributed by atoms with Crippen molar-refractivity contribution in [3.8, 4) is 5.69 Å². The molecule has 0 spiro atoms. The molecule has 0 aliphatic carbocycles. The summed E-state index contributed by atoms with van der Waals surface area (Å²) in [7, 11) is 0. The van der Waals surface area contributed by atoms with Crippen LogP contribution in [0.3, 0.4) is 0 Å². The Morgan fingerprint density at radius 1 is 1.03 bits per heavy atom. The van der Waals surface area contributed by atoms with Gasteiger partial charge in [0.2, 0.25) is 0 Å². The second-order valence-electron chi connectivity index (χ2n) is 8.09. The van der Waals surface area contributed by atoms with Crippen LogP contribution in [-0.2, 0) is 6.18 Å². The van der Waals surface area contributed by atoms with E-state index in [2.05, 4.69) is 20.9 Å². The quantitative estimate of drug-likeness (QED) is 0.244. The number of halogens is 4. The minimum atomic E-state index is -4.67. The smallest absolute Gasteiger partial charge is 0.418 e. The second-order valence-corrected chi connectivity index (χ2v) is 8.50. The van der Waals surface area contributed by atoms with E-state index in [0.29, 0.717) is 0 Å². The van der Waals surface area contributed by atoms with Crippen molar-refractivity contribution in [1.82, 2.24) is 14.9 Å². The molecule has 9 nitrogen and oxygen atoms in total. The first kappa shape index (κ1) is 26.5. The van der Waals surface area contributed by atoms with E-state index in [1.54, 1.807) is 12.1 Å². The predicted molar refractivity (Wildman–Crippen MR) is 136 cm³/mol. The molecule has 0 bridgehead atoms. The van der Waals surface area contributed by atoms with Gasteiger partial charge in [0.15, 0.2) is 0 Å². The number of rotatable bonds is 5. The third kappa shape index (κ3) is 5.54. The summed E-state index contributed by atoms with van der Waals surface area (Å²) < 4.78 is 40.9. The summed E-state index contributed by atoms with van der Waals surface area (Å²) in [6.07, 6.45) is -6.01. The fourth-order valence-corrected chi connectivity index (χ4v) is 4.09. The van der Waals surface area contributed by atoms with Crippen molar-refractivity contribution < 1.29 is 27.9 Å². The Kier molecular flexibility index (Phi) is 7.26. The molecule has 1 unspecified atom stereocenters. The van der Waals surface area contributed by atoms with Crippen LogP contribution in [0.15, 0.2) is 71.5 Å². The van der Waals surface area contributed by atoms with Crippen LogP contribution in [-0.4, -0.2) is 26.8 Å². The fourth-order valence-electron chi connectivity index (χ4n) is 3.84. The van der Waals surface area contributed by atoms with Crippen molar-refractivity contribution in [2.75, 3.05) is 10.6 Å². The molecule has 3 aromatic carbocycles. The van der Waals surface area contributed by atoms with Gasteiger partial charge in [0.05, 0.1) is 38.9 Å². The molecule has 196 valence electrons. The van der Waals surface area contributed by atoms with Crippen LogP contribution in [0.1, 0.15) is 24.4 Å². The molecule has 1 aromatic heterocycles. The van der Waals surface area contributed by atoms with Gasteiger partial charge < -0.3 is 21.1 Å². The number of carbonyl (C=O) groups is 2. The number of carbonyl (C=O) groups excluding carboxylic acids is 1. The Balaban J connectivity index is 1.73. The van der Waals surface area contributed by atoms with Crippen LogP contribution in [0.25, 0.3) is 16.6 Å². The van der Waals surface area contributed by atoms with E-state index in [1.165, 1.54) is 49.4 Å². The Morgan fingerprint density at radius 2 is 1.74 bits per heavy atom. The minimum Gasteiger partial charge on any atom is -0.465 e. The molecular formula is C25H19ClF3N5O4. The number of hydrogen-bond acceptors (Lipinski definition) is 4. The molecule has 38 heavy (non-hydrogen) atoms. The lowest BCUT2D eigenvalue weighted by molar-refractivity contribution is -0.136. The maximum atomic E-state index is 13.5. The Labute approximate surface area is 217 Å². The standard InChI is InChI=1S/C25H19ClF3N5O4/c1-13(30-24(37)38)21-32-19-11-5-9-17(26)20(19)22(35)34(21)15-7-4-6-14(12-15)31-23(36)33-18-10-3-2-8-16(18)25(27,28)29/h2-13,30H,1H3,(H,37,38)(H2,31,33,36). The van der Waals surface area contributed by atoms with Gasteiger partial charge in [-0.05, 0) is 49.4 Å². The van der Waals surface area contributed by atoms with E-state index in [-0.39, 0.29) is 33.1 Å². The number of benzene rings is 3. The zero-order valence-electron chi connectivity index (χ0n) is 19.5. The highest BCUT2D eigenvalue weighted by atomic mass is 35.5. The second kappa shape index (κ2) is 10.4. The zero-order valence-corrected chi connectivity index (χ0v) is 20.3. The van der Waals surface area contributed by atoms with Gasteiger partial charge in [-0.15, -0.1) is 0 Å². The van der Waals surface area contributed by atoms with Gasteiger partial charge in [0.25, 0.3) is 5.56 Å². The number of fused-ring (bicyclic) bond motifs is 1. The number of carboxylic acid groups (broad SMARTS) is 1. The van der Waals surface area contributed by atoms with Crippen molar-refractivity contribution in [2.24, 2.45) is 0 Å². The van der Waals surface area contributed by atoms with E-state index < -0.39 is 41.2 Å². The number of nitrogens with zero attached hydrogens (tertiary/aromatic N) is 2.